The molecule has 5 rings (SSSR count). The molecule has 2 fully saturated rings. The first-order valence-electron chi connectivity index (χ1n) is 13.4. The Morgan fingerprint density at radius 2 is 1.95 bits per heavy atom. The molecule has 0 spiro atoms. The molecular formula is C29H37N5O3. The van der Waals surface area contributed by atoms with Crippen LogP contribution in [-0.4, -0.2) is 62.4 Å². The van der Waals surface area contributed by atoms with Crippen molar-refractivity contribution >= 4 is 5.97 Å². The van der Waals surface area contributed by atoms with Crippen molar-refractivity contribution < 1.29 is 14.3 Å². The summed E-state index contributed by atoms with van der Waals surface area (Å²) in [6, 6.07) is 16.4. The number of fused-ring (bicyclic) bond motifs is 1. The fourth-order valence-electron chi connectivity index (χ4n) is 5.93. The minimum atomic E-state index is -0.300. The number of epoxide rings is 1. The minimum absolute atomic E-state index is 0.113. The van der Waals surface area contributed by atoms with Crippen LogP contribution in [0.4, 0.5) is 0 Å². The van der Waals surface area contributed by atoms with E-state index in [4.69, 9.17) is 9.47 Å². The first-order chi connectivity index (χ1) is 18.0. The number of benzene rings is 2. The molecule has 4 unspecified atom stereocenters. The quantitative estimate of drug-likeness (QED) is 0.274. The number of aromatic amines is 1. The van der Waals surface area contributed by atoms with Crippen molar-refractivity contribution in [2.75, 3.05) is 7.11 Å². The molecule has 0 bridgehead atoms. The van der Waals surface area contributed by atoms with E-state index in [2.05, 4.69) is 76.6 Å². The second-order valence-electron chi connectivity index (χ2n) is 10.8. The van der Waals surface area contributed by atoms with Gasteiger partial charge in [0.05, 0.1) is 18.8 Å². The summed E-state index contributed by atoms with van der Waals surface area (Å²) in [6.07, 6.45) is 5.58. The van der Waals surface area contributed by atoms with E-state index in [1.807, 2.05) is 18.2 Å². The van der Waals surface area contributed by atoms with Crippen LogP contribution in [0.3, 0.4) is 0 Å². The van der Waals surface area contributed by atoms with E-state index in [9.17, 15) is 4.79 Å². The number of carbonyl (C=O) groups is 1. The largest absolute Gasteiger partial charge is 0.468 e. The number of aromatic nitrogens is 4. The van der Waals surface area contributed by atoms with Crippen LogP contribution in [0.5, 0.6) is 0 Å². The van der Waals surface area contributed by atoms with Gasteiger partial charge in [0.1, 0.15) is 12.1 Å². The van der Waals surface area contributed by atoms with E-state index < -0.39 is 0 Å². The van der Waals surface area contributed by atoms with Gasteiger partial charge in [0.2, 0.25) is 5.82 Å². The second kappa shape index (κ2) is 10.7. The first kappa shape index (κ1) is 25.5. The van der Waals surface area contributed by atoms with Crippen LogP contribution >= 0.6 is 0 Å². The van der Waals surface area contributed by atoms with E-state index in [1.165, 1.54) is 12.7 Å². The zero-order valence-corrected chi connectivity index (χ0v) is 22.2. The van der Waals surface area contributed by atoms with Gasteiger partial charge in [0.25, 0.3) is 0 Å². The number of nitrogens with one attached hydrogen (secondary N) is 1. The summed E-state index contributed by atoms with van der Waals surface area (Å²) >= 11 is 0. The summed E-state index contributed by atoms with van der Waals surface area (Å²) in [5.41, 5.74) is 4.11. The highest BCUT2D eigenvalue weighted by Crippen LogP contribution is 2.57. The van der Waals surface area contributed by atoms with Crippen LogP contribution in [-0.2, 0) is 20.8 Å². The molecule has 1 aromatic heterocycles. The molecule has 2 aromatic carbocycles. The number of hydrogen-bond acceptors (Lipinski definition) is 7. The van der Waals surface area contributed by atoms with Gasteiger partial charge in [-0.3, -0.25) is 9.69 Å². The van der Waals surface area contributed by atoms with Crippen LogP contribution < -0.4 is 0 Å². The Hall–Kier alpha value is -3.10. The number of unbranched alkanes of at least 4 members (excludes halogenated alkanes) is 1. The number of esters is 1. The normalized spacial score (nSPS) is 23.0. The SMILES string of the molecule is CCCCC1(N(Cc2ccc(-c3ccccc3-c3nn[nH]n3)cc2)C(CC(C)C)C(=O)OC)CC2OC21. The van der Waals surface area contributed by atoms with Gasteiger partial charge >= 0.3 is 5.97 Å². The van der Waals surface area contributed by atoms with Crippen molar-refractivity contribution in [3.05, 3.63) is 54.1 Å². The predicted molar refractivity (Wildman–Crippen MR) is 141 cm³/mol. The average Bonchev–Trinajstić information content (AvgIpc) is 3.32. The van der Waals surface area contributed by atoms with Crippen LogP contribution in [0, 0.1) is 5.92 Å². The minimum Gasteiger partial charge on any atom is -0.468 e. The van der Waals surface area contributed by atoms with Crippen molar-refractivity contribution in [2.24, 2.45) is 5.92 Å². The van der Waals surface area contributed by atoms with Crippen molar-refractivity contribution in [3.8, 4) is 22.5 Å². The van der Waals surface area contributed by atoms with E-state index in [1.54, 1.807) is 0 Å². The fraction of sp³-hybridized carbons (Fsp3) is 0.517. The Bertz CT molecular complexity index is 1200. The van der Waals surface area contributed by atoms with E-state index in [0.29, 0.717) is 24.4 Å². The molecule has 1 saturated heterocycles. The lowest BCUT2D eigenvalue weighted by Crippen LogP contribution is -2.64. The van der Waals surface area contributed by atoms with Gasteiger partial charge in [-0.2, -0.15) is 5.21 Å². The van der Waals surface area contributed by atoms with Gasteiger partial charge in [-0.25, -0.2) is 0 Å². The molecule has 8 nitrogen and oxygen atoms in total. The molecule has 4 atom stereocenters. The number of hydrogen-bond donors (Lipinski definition) is 1. The number of carbonyl (C=O) groups excluding carboxylic acids is 1. The third-order valence-electron chi connectivity index (χ3n) is 7.88. The number of H-pyrrole nitrogens is 1. The Morgan fingerprint density at radius 1 is 1.19 bits per heavy atom. The summed E-state index contributed by atoms with van der Waals surface area (Å²) in [5.74, 6) is 0.788. The lowest BCUT2D eigenvalue weighted by atomic mass is 9.70. The maximum absolute atomic E-state index is 13.1. The molecule has 1 aliphatic carbocycles. The van der Waals surface area contributed by atoms with E-state index in [-0.39, 0.29) is 23.7 Å². The van der Waals surface area contributed by atoms with Gasteiger partial charge in [-0.1, -0.05) is 82.1 Å². The molecule has 1 saturated carbocycles. The van der Waals surface area contributed by atoms with Gasteiger partial charge in [0.15, 0.2) is 0 Å². The summed E-state index contributed by atoms with van der Waals surface area (Å²) in [6.45, 7) is 7.23. The highest BCUT2D eigenvalue weighted by atomic mass is 16.6. The van der Waals surface area contributed by atoms with Crippen LogP contribution in [0.15, 0.2) is 48.5 Å². The van der Waals surface area contributed by atoms with Gasteiger partial charge < -0.3 is 9.47 Å². The van der Waals surface area contributed by atoms with Crippen molar-refractivity contribution in [1.82, 2.24) is 25.5 Å². The van der Waals surface area contributed by atoms with Crippen LogP contribution in [0.1, 0.15) is 58.4 Å². The maximum atomic E-state index is 13.1. The Morgan fingerprint density at radius 3 is 2.51 bits per heavy atom. The van der Waals surface area contributed by atoms with Crippen molar-refractivity contribution in [2.45, 2.75) is 83.2 Å². The highest BCUT2D eigenvalue weighted by molar-refractivity contribution is 5.80. The smallest absolute Gasteiger partial charge is 0.323 e. The molecule has 196 valence electrons. The van der Waals surface area contributed by atoms with Gasteiger partial charge in [0, 0.05) is 12.1 Å². The monoisotopic (exact) mass is 503 g/mol. The molecule has 0 amide bonds. The van der Waals surface area contributed by atoms with Crippen LogP contribution in [0.25, 0.3) is 22.5 Å². The van der Waals surface area contributed by atoms with Gasteiger partial charge in [-0.05, 0) is 47.1 Å². The molecule has 2 aliphatic rings. The summed E-state index contributed by atoms with van der Waals surface area (Å²) in [5, 5.41) is 14.6. The second-order valence-corrected chi connectivity index (χ2v) is 10.8. The third-order valence-corrected chi connectivity index (χ3v) is 7.88. The van der Waals surface area contributed by atoms with E-state index >= 15 is 0 Å². The number of methoxy groups -OCH3 is 1. The molecule has 1 N–H and O–H groups in total. The van der Waals surface area contributed by atoms with Crippen LogP contribution in [0.2, 0.25) is 0 Å². The van der Waals surface area contributed by atoms with Crippen molar-refractivity contribution in [1.29, 1.82) is 0 Å². The summed E-state index contributed by atoms with van der Waals surface area (Å²) < 4.78 is 11.4. The molecular weight excluding hydrogens is 466 g/mol. The van der Waals surface area contributed by atoms with Crippen molar-refractivity contribution in [3.63, 3.8) is 0 Å². The molecule has 1 aliphatic heterocycles. The standard InChI is InChI=1S/C29H37N5O3/c1-5-6-15-29(17-25-26(29)37-25)34(24(16-19(2)3)28(35)36-4)18-20-11-13-21(14-12-20)22-9-7-8-10-23(22)27-30-32-33-31-27/h7-14,19,24-26H,5-6,15-18H2,1-4H3,(H,30,31,32,33). The third kappa shape index (κ3) is 5.05. The summed E-state index contributed by atoms with van der Waals surface area (Å²) in [7, 11) is 1.50. The van der Waals surface area contributed by atoms with E-state index in [0.717, 1.165) is 48.8 Å². The topological polar surface area (TPSA) is 96.5 Å². The Labute approximate surface area is 218 Å². The number of tetrazole rings is 1. The Kier molecular flexibility index (Phi) is 7.40. The fourth-order valence-corrected chi connectivity index (χ4v) is 5.93. The first-order valence-corrected chi connectivity index (χ1v) is 13.4. The molecule has 2 heterocycles. The molecule has 37 heavy (non-hydrogen) atoms. The number of rotatable bonds is 12. The number of nitrogens with zero attached hydrogens (tertiary/aromatic N) is 4. The molecule has 8 heteroatoms. The van der Waals surface area contributed by atoms with Gasteiger partial charge in [-0.15, -0.1) is 10.2 Å². The molecule has 3 aromatic rings. The number of ether oxygens (including phenoxy) is 2. The Balaban J connectivity index is 1.45. The maximum Gasteiger partial charge on any atom is 0.323 e. The lowest BCUT2D eigenvalue weighted by molar-refractivity contribution is -0.153. The molecule has 0 radical (unpaired) electrons. The predicted octanol–water partition coefficient (Wildman–Crippen LogP) is 5.02. The lowest BCUT2D eigenvalue weighted by Gasteiger charge is -2.50. The average molecular weight is 504 g/mol. The zero-order chi connectivity index (χ0) is 26.0. The zero-order valence-electron chi connectivity index (χ0n) is 22.2. The summed E-state index contributed by atoms with van der Waals surface area (Å²) in [4.78, 5) is 15.5. The highest BCUT2D eigenvalue weighted by Gasteiger charge is 2.69.